The Balaban J connectivity index is 1.58. The van der Waals surface area contributed by atoms with E-state index in [1.54, 1.807) is 7.05 Å². The first kappa shape index (κ1) is 22.9. The second kappa shape index (κ2) is 9.81. The van der Waals surface area contributed by atoms with Crippen molar-refractivity contribution >= 4 is 22.9 Å². The zero-order chi connectivity index (χ0) is 23.7. The van der Waals surface area contributed by atoms with Crippen LogP contribution in [0, 0.1) is 17.8 Å². The lowest BCUT2D eigenvalue weighted by molar-refractivity contribution is 0.267. The Morgan fingerprint density at radius 3 is 2.50 bits per heavy atom. The van der Waals surface area contributed by atoms with Gasteiger partial charge in [-0.05, 0) is 55.6 Å². The third-order valence-electron chi connectivity index (χ3n) is 7.50. The maximum Gasteiger partial charge on any atom is 0.242 e. The number of aliphatic hydroxyl groups excluding tert-OH is 1. The number of hydrogen-bond donors (Lipinski definition) is 3. The molecule has 3 N–H and O–H groups in total. The molecule has 0 aliphatic heterocycles. The van der Waals surface area contributed by atoms with E-state index in [9.17, 15) is 5.11 Å². The van der Waals surface area contributed by atoms with Crippen LogP contribution >= 0.6 is 0 Å². The van der Waals surface area contributed by atoms with Crippen LogP contribution in [0.1, 0.15) is 58.8 Å². The molecule has 0 saturated heterocycles. The lowest BCUT2D eigenvalue weighted by Crippen LogP contribution is -2.31. The van der Waals surface area contributed by atoms with Crippen LogP contribution in [-0.4, -0.2) is 64.0 Å². The summed E-state index contributed by atoms with van der Waals surface area (Å²) in [7, 11) is 1.73. The summed E-state index contributed by atoms with van der Waals surface area (Å²) in [4.78, 5) is 15.9. The molecular formula is C23H36N10O. The smallest absolute Gasteiger partial charge is 0.242 e. The lowest BCUT2D eigenvalue weighted by atomic mass is 9.80. The van der Waals surface area contributed by atoms with Crippen molar-refractivity contribution < 1.29 is 5.11 Å². The number of nitrogens with one attached hydrogen (secondary N) is 2. The molecule has 0 aromatic carbocycles. The van der Waals surface area contributed by atoms with Gasteiger partial charge in [-0.3, -0.25) is 0 Å². The summed E-state index contributed by atoms with van der Waals surface area (Å²) in [5.74, 6) is 4.31. The van der Waals surface area contributed by atoms with E-state index in [-0.39, 0.29) is 6.61 Å². The van der Waals surface area contributed by atoms with Crippen molar-refractivity contribution in [3.63, 3.8) is 0 Å². The first-order chi connectivity index (χ1) is 16.5. The summed E-state index contributed by atoms with van der Waals surface area (Å²) < 4.78 is 2.22. The van der Waals surface area contributed by atoms with Crippen LogP contribution in [0.25, 0.3) is 22.8 Å². The fourth-order valence-electron chi connectivity index (χ4n) is 5.13. The highest BCUT2D eigenvalue weighted by molar-refractivity contribution is 5.87. The maximum atomic E-state index is 9.44. The van der Waals surface area contributed by atoms with E-state index in [0.717, 1.165) is 29.7 Å². The molecule has 2 saturated carbocycles. The Kier molecular flexibility index (Phi) is 6.62. The van der Waals surface area contributed by atoms with E-state index in [1.807, 2.05) is 0 Å². The molecule has 0 radical (unpaired) electrons. The van der Waals surface area contributed by atoms with Crippen molar-refractivity contribution in [2.24, 2.45) is 24.8 Å². The van der Waals surface area contributed by atoms with Gasteiger partial charge >= 0.3 is 0 Å². The molecule has 1 atom stereocenters. The Labute approximate surface area is 199 Å². The number of rotatable bonds is 9. The highest BCUT2D eigenvalue weighted by Gasteiger charge is 2.28. The van der Waals surface area contributed by atoms with Crippen LogP contribution in [0.3, 0.4) is 0 Å². The molecule has 5 rings (SSSR count). The monoisotopic (exact) mass is 468 g/mol. The lowest BCUT2D eigenvalue weighted by Gasteiger charge is -2.32. The first-order valence-corrected chi connectivity index (χ1v) is 12.7. The normalized spacial score (nSPS) is 22.0. The number of anilines is 2. The predicted octanol–water partition coefficient (Wildman–Crippen LogP) is 2.85. The fourth-order valence-corrected chi connectivity index (χ4v) is 5.13. The van der Waals surface area contributed by atoms with Crippen molar-refractivity contribution in [2.45, 2.75) is 71.4 Å². The summed E-state index contributed by atoms with van der Waals surface area (Å²) in [6.07, 6.45) is 8.72. The number of aliphatic hydroxyl groups is 1. The van der Waals surface area contributed by atoms with Crippen LogP contribution in [0.15, 0.2) is 0 Å². The van der Waals surface area contributed by atoms with Crippen LogP contribution in [0.4, 0.5) is 11.8 Å². The molecule has 34 heavy (non-hydrogen) atoms. The van der Waals surface area contributed by atoms with E-state index in [2.05, 4.69) is 44.5 Å². The molecule has 11 nitrogen and oxygen atoms in total. The number of aromatic nitrogens is 8. The van der Waals surface area contributed by atoms with E-state index in [0.29, 0.717) is 41.7 Å². The maximum absolute atomic E-state index is 9.44. The number of aryl methyl sites for hydroxylation is 1. The minimum atomic E-state index is 0.0361. The van der Waals surface area contributed by atoms with Gasteiger partial charge in [0.25, 0.3) is 0 Å². The number of tetrazole rings is 1. The molecule has 0 amide bonds. The van der Waals surface area contributed by atoms with Crippen LogP contribution in [-0.2, 0) is 13.6 Å². The van der Waals surface area contributed by atoms with E-state index >= 15 is 0 Å². The predicted molar refractivity (Wildman–Crippen MR) is 130 cm³/mol. The summed E-state index contributed by atoms with van der Waals surface area (Å²) >= 11 is 0. The summed E-state index contributed by atoms with van der Waals surface area (Å²) in [6, 6.07) is 0.294. The molecule has 3 aromatic rings. The topological polar surface area (TPSA) is 131 Å². The van der Waals surface area contributed by atoms with E-state index in [4.69, 9.17) is 15.0 Å². The van der Waals surface area contributed by atoms with Gasteiger partial charge in [-0.2, -0.15) is 9.78 Å². The number of fused-ring (bicyclic) bond motifs is 1. The Bertz CT molecular complexity index is 1110. The molecule has 184 valence electrons. The molecule has 3 heterocycles. The minimum Gasteiger partial charge on any atom is -0.395 e. The number of imidazole rings is 1. The molecule has 0 spiro atoms. The summed E-state index contributed by atoms with van der Waals surface area (Å²) in [6.45, 7) is 5.89. The largest absolute Gasteiger partial charge is 0.395 e. The van der Waals surface area contributed by atoms with Gasteiger partial charge in [0.05, 0.1) is 13.7 Å². The van der Waals surface area contributed by atoms with Gasteiger partial charge in [0.1, 0.15) is 5.52 Å². The fraction of sp³-hybridized carbons (Fsp3) is 0.739. The third kappa shape index (κ3) is 4.70. The van der Waals surface area contributed by atoms with Gasteiger partial charge in [-0.15, -0.1) is 10.2 Å². The molecule has 11 heteroatoms. The van der Waals surface area contributed by atoms with Gasteiger partial charge in [-0.25, -0.2) is 9.97 Å². The molecule has 2 aliphatic rings. The van der Waals surface area contributed by atoms with Gasteiger partial charge in [0.15, 0.2) is 11.5 Å². The standard InChI is InChI=1S/C23H36N10O/c1-14-7-9-16(10-8-14)13-33-18-19(25-15(2)17-5-4-6-17)26-21(22-29-31-32(3)30-22)27-20(18)28-23(33)24-11-12-34/h14-17,34H,4-13H2,1-3H3,(H2,24,25,26,27,28)/t14?,15-,16?/m1/s1. The number of nitrogens with zero attached hydrogens (tertiary/aromatic N) is 8. The Morgan fingerprint density at radius 1 is 1.06 bits per heavy atom. The third-order valence-corrected chi connectivity index (χ3v) is 7.50. The average molecular weight is 469 g/mol. The Morgan fingerprint density at radius 2 is 1.85 bits per heavy atom. The zero-order valence-electron chi connectivity index (χ0n) is 20.4. The van der Waals surface area contributed by atoms with Crippen molar-refractivity contribution in [1.29, 1.82) is 0 Å². The van der Waals surface area contributed by atoms with Gasteiger partial charge in [0.2, 0.25) is 17.6 Å². The molecular weight excluding hydrogens is 432 g/mol. The quantitative estimate of drug-likeness (QED) is 0.434. The average Bonchev–Trinajstić information content (AvgIpc) is 3.36. The van der Waals surface area contributed by atoms with Crippen LogP contribution in [0.5, 0.6) is 0 Å². The summed E-state index contributed by atoms with van der Waals surface area (Å²) in [5.41, 5.74) is 1.50. The summed E-state index contributed by atoms with van der Waals surface area (Å²) in [5, 5.41) is 28.8. The highest BCUT2D eigenvalue weighted by Crippen LogP contribution is 2.35. The zero-order valence-corrected chi connectivity index (χ0v) is 20.4. The second-order valence-electron chi connectivity index (χ2n) is 10.1. The van der Waals surface area contributed by atoms with Crippen molar-refractivity contribution in [3.05, 3.63) is 0 Å². The SMILES string of the molecule is CC1CCC(Cn2c(NCCO)nc3nc(-c4nnn(C)n4)nc(N[C@H](C)C4CCC4)c32)CC1. The molecule has 2 aliphatic carbocycles. The van der Waals surface area contributed by atoms with Crippen molar-refractivity contribution in [3.8, 4) is 11.6 Å². The second-order valence-corrected chi connectivity index (χ2v) is 10.1. The molecule has 2 fully saturated rings. The van der Waals surface area contributed by atoms with Crippen LogP contribution < -0.4 is 10.6 Å². The van der Waals surface area contributed by atoms with Gasteiger partial charge in [-0.1, -0.05) is 26.2 Å². The molecule has 0 unspecified atom stereocenters. The molecule has 0 bridgehead atoms. The van der Waals surface area contributed by atoms with Crippen molar-refractivity contribution in [2.75, 3.05) is 23.8 Å². The van der Waals surface area contributed by atoms with E-state index < -0.39 is 0 Å². The first-order valence-electron chi connectivity index (χ1n) is 12.7. The van der Waals surface area contributed by atoms with Crippen molar-refractivity contribution in [1.82, 2.24) is 39.7 Å². The van der Waals surface area contributed by atoms with Gasteiger partial charge < -0.3 is 20.3 Å². The highest BCUT2D eigenvalue weighted by atomic mass is 16.3. The van der Waals surface area contributed by atoms with Gasteiger partial charge in [0, 0.05) is 19.1 Å². The van der Waals surface area contributed by atoms with Crippen LogP contribution in [0.2, 0.25) is 0 Å². The number of hydrogen-bond acceptors (Lipinski definition) is 9. The Hall–Kier alpha value is -2.82. The van der Waals surface area contributed by atoms with E-state index in [1.165, 1.54) is 49.7 Å². The minimum absolute atomic E-state index is 0.0361. The molecule has 3 aromatic heterocycles.